The van der Waals surface area contributed by atoms with Gasteiger partial charge in [-0.25, -0.2) is 26.9 Å². The average Bonchev–Trinajstić information content (AvgIpc) is 3.53. The van der Waals surface area contributed by atoms with Gasteiger partial charge in [0.1, 0.15) is 28.1 Å². The predicted molar refractivity (Wildman–Crippen MR) is 135 cm³/mol. The van der Waals surface area contributed by atoms with E-state index in [1.165, 1.54) is 28.7 Å². The number of carboxylic acids is 1. The number of hydrogen-bond donors (Lipinski definition) is 1. The molecule has 4 heterocycles. The zero-order chi connectivity index (χ0) is 26.7. The number of rotatable bonds is 5. The highest BCUT2D eigenvalue weighted by atomic mass is 32.2. The van der Waals surface area contributed by atoms with Gasteiger partial charge in [-0.15, -0.1) is 0 Å². The maximum atomic E-state index is 13.6. The second kappa shape index (κ2) is 8.98. The molecule has 38 heavy (non-hydrogen) atoms. The molecule has 1 N–H and O–H groups in total. The summed E-state index contributed by atoms with van der Waals surface area (Å²) in [6, 6.07) is 8.84. The summed E-state index contributed by atoms with van der Waals surface area (Å²) in [6.07, 6.45) is 4.39. The molecule has 2 aromatic heterocycles. The average molecular weight is 542 g/mol. The summed E-state index contributed by atoms with van der Waals surface area (Å²) in [4.78, 5) is 18.7. The van der Waals surface area contributed by atoms with Crippen LogP contribution in [0, 0.1) is 11.2 Å². The lowest BCUT2D eigenvalue weighted by Gasteiger charge is -2.43. The first-order valence-corrected chi connectivity index (χ1v) is 13.7. The molecule has 0 saturated carbocycles. The van der Waals surface area contributed by atoms with Gasteiger partial charge in [-0.2, -0.15) is 9.40 Å². The third-order valence-corrected chi connectivity index (χ3v) is 9.50. The standard InChI is InChI=1S/C26H25F2N5O4S/c27-19-1-3-21(4-2-19)33-23-11-18-7-10-32(16-26(18,25(34)35)12-17(23)13-30-33)38(36,37)22-5-6-24(29-14-22)31-9-8-20(28)15-31/h1-6,11,13-14,20H,7-10,12,15-16H2,(H,34,35). The van der Waals surface area contributed by atoms with Gasteiger partial charge in [0.2, 0.25) is 10.0 Å². The zero-order valence-electron chi connectivity index (χ0n) is 20.3. The smallest absolute Gasteiger partial charge is 0.315 e. The molecule has 0 bridgehead atoms. The Balaban J connectivity index is 1.29. The minimum Gasteiger partial charge on any atom is -0.481 e. The number of carboxylic acid groups (broad SMARTS) is 1. The molecule has 1 aromatic carbocycles. The van der Waals surface area contributed by atoms with E-state index in [9.17, 15) is 27.1 Å². The Morgan fingerprint density at radius 3 is 2.55 bits per heavy atom. The summed E-state index contributed by atoms with van der Waals surface area (Å²) in [5.41, 5.74) is 1.20. The Labute approximate surface area is 218 Å². The number of pyridine rings is 1. The van der Waals surface area contributed by atoms with Crippen LogP contribution in [0.15, 0.2) is 59.3 Å². The Kier molecular flexibility index (Phi) is 5.84. The molecule has 3 aromatic rings. The lowest BCUT2D eigenvalue weighted by Crippen LogP contribution is -2.53. The fraction of sp³-hybridized carbons (Fsp3) is 0.346. The number of piperidine rings is 1. The highest BCUT2D eigenvalue weighted by molar-refractivity contribution is 7.89. The quantitative estimate of drug-likeness (QED) is 0.529. The van der Waals surface area contributed by atoms with Crippen molar-refractivity contribution in [3.63, 3.8) is 0 Å². The van der Waals surface area contributed by atoms with E-state index in [-0.39, 0.29) is 43.2 Å². The van der Waals surface area contributed by atoms with Crippen LogP contribution in [-0.4, -0.2) is 70.9 Å². The normalized spacial score (nSPS) is 23.6. The molecule has 2 atom stereocenters. The van der Waals surface area contributed by atoms with E-state index in [1.807, 2.05) is 0 Å². The summed E-state index contributed by atoms with van der Waals surface area (Å²) >= 11 is 0. The number of aromatic nitrogens is 3. The van der Waals surface area contributed by atoms with E-state index in [4.69, 9.17) is 0 Å². The van der Waals surface area contributed by atoms with Crippen LogP contribution in [0.4, 0.5) is 14.6 Å². The van der Waals surface area contributed by atoms with Crippen molar-refractivity contribution < 1.29 is 27.1 Å². The van der Waals surface area contributed by atoms with Gasteiger partial charge >= 0.3 is 5.97 Å². The highest BCUT2D eigenvalue weighted by Gasteiger charge is 2.51. The minimum absolute atomic E-state index is 0.0363. The van der Waals surface area contributed by atoms with Crippen LogP contribution in [0.5, 0.6) is 0 Å². The molecule has 3 aliphatic rings. The maximum Gasteiger partial charge on any atom is 0.315 e. The fourth-order valence-electron chi connectivity index (χ4n) is 5.58. The Hall–Kier alpha value is -3.64. The molecule has 2 unspecified atom stereocenters. The molecule has 12 heteroatoms. The molecule has 2 saturated heterocycles. The van der Waals surface area contributed by atoms with Gasteiger partial charge in [-0.05, 0) is 72.9 Å². The van der Waals surface area contributed by atoms with Crippen molar-refractivity contribution >= 4 is 27.9 Å². The van der Waals surface area contributed by atoms with Crippen LogP contribution in [0.25, 0.3) is 11.8 Å². The molecule has 198 valence electrons. The van der Waals surface area contributed by atoms with Gasteiger partial charge in [0.05, 0.1) is 24.1 Å². The van der Waals surface area contributed by atoms with Crippen molar-refractivity contribution in [1.82, 2.24) is 19.1 Å². The van der Waals surface area contributed by atoms with E-state index in [0.717, 1.165) is 0 Å². The van der Waals surface area contributed by atoms with Crippen LogP contribution in [0.2, 0.25) is 0 Å². The topological polar surface area (TPSA) is 109 Å². The Morgan fingerprint density at radius 2 is 1.89 bits per heavy atom. The molecule has 0 amide bonds. The molecule has 9 nitrogen and oxygen atoms in total. The number of anilines is 1. The third kappa shape index (κ3) is 3.99. The number of nitrogens with zero attached hydrogens (tertiary/aromatic N) is 5. The van der Waals surface area contributed by atoms with Crippen LogP contribution >= 0.6 is 0 Å². The lowest BCUT2D eigenvalue weighted by molar-refractivity contribution is -0.147. The molecule has 2 fully saturated rings. The van der Waals surface area contributed by atoms with E-state index in [0.29, 0.717) is 41.3 Å². The van der Waals surface area contributed by atoms with Gasteiger partial charge in [0.15, 0.2) is 0 Å². The largest absolute Gasteiger partial charge is 0.481 e. The first kappa shape index (κ1) is 24.7. The zero-order valence-corrected chi connectivity index (χ0v) is 21.1. The highest BCUT2D eigenvalue weighted by Crippen LogP contribution is 2.45. The predicted octanol–water partition coefficient (Wildman–Crippen LogP) is 3.06. The first-order valence-electron chi connectivity index (χ1n) is 12.3. The van der Waals surface area contributed by atoms with Crippen molar-refractivity contribution in [2.45, 2.75) is 30.3 Å². The van der Waals surface area contributed by atoms with Gasteiger partial charge in [0.25, 0.3) is 0 Å². The molecule has 6 rings (SSSR count). The minimum atomic E-state index is -4.02. The number of hydrogen-bond acceptors (Lipinski definition) is 6. The number of benzene rings is 1. The third-order valence-electron chi connectivity index (χ3n) is 7.67. The molecule has 2 aliphatic heterocycles. The van der Waals surface area contributed by atoms with Crippen LogP contribution in [0.3, 0.4) is 0 Å². The molecule has 0 spiro atoms. The van der Waals surface area contributed by atoms with Gasteiger partial charge in [0, 0.05) is 25.8 Å². The maximum absolute atomic E-state index is 13.6. The summed E-state index contributed by atoms with van der Waals surface area (Å²) in [5.74, 6) is -0.971. The number of sulfonamides is 1. The number of fused-ring (bicyclic) bond motifs is 2. The number of aliphatic carboxylic acids is 1. The van der Waals surface area contributed by atoms with Gasteiger partial charge < -0.3 is 10.0 Å². The van der Waals surface area contributed by atoms with Crippen LogP contribution in [-0.2, 0) is 21.2 Å². The molecule has 1 aliphatic carbocycles. The van der Waals surface area contributed by atoms with Crippen molar-refractivity contribution in [3.8, 4) is 5.69 Å². The van der Waals surface area contributed by atoms with E-state index in [1.54, 1.807) is 40.1 Å². The van der Waals surface area contributed by atoms with Gasteiger partial charge in [-0.3, -0.25) is 4.79 Å². The lowest BCUT2D eigenvalue weighted by atomic mass is 9.69. The second-order valence-corrected chi connectivity index (χ2v) is 11.9. The molecular weight excluding hydrogens is 516 g/mol. The monoisotopic (exact) mass is 541 g/mol. The van der Waals surface area contributed by atoms with E-state index in [2.05, 4.69) is 10.1 Å². The molecule has 0 radical (unpaired) electrons. The van der Waals surface area contributed by atoms with Crippen LogP contribution in [0.1, 0.15) is 24.1 Å². The first-order chi connectivity index (χ1) is 18.2. The number of alkyl halides is 1. The Morgan fingerprint density at radius 1 is 1.11 bits per heavy atom. The Bertz CT molecular complexity index is 1540. The van der Waals surface area contributed by atoms with Crippen molar-refractivity contribution in [1.29, 1.82) is 0 Å². The van der Waals surface area contributed by atoms with Crippen molar-refractivity contribution in [2.75, 3.05) is 31.1 Å². The SMILES string of the molecule is O=C(O)C12Cc3cnn(-c4ccc(F)cc4)c3C=C1CCN(S(=O)(=O)c1ccc(N3CCC(F)C3)nc1)C2. The van der Waals surface area contributed by atoms with Crippen LogP contribution < -0.4 is 4.90 Å². The van der Waals surface area contributed by atoms with E-state index < -0.39 is 27.6 Å². The van der Waals surface area contributed by atoms with Gasteiger partial charge in [-0.1, -0.05) is 0 Å². The molecular formula is C26H25F2N5O4S. The number of halogens is 2. The van der Waals surface area contributed by atoms with Crippen molar-refractivity contribution in [2.24, 2.45) is 5.41 Å². The van der Waals surface area contributed by atoms with Crippen molar-refractivity contribution in [3.05, 3.63) is 71.4 Å². The van der Waals surface area contributed by atoms with E-state index >= 15 is 0 Å². The number of carbonyl (C=O) groups is 1. The summed E-state index contributed by atoms with van der Waals surface area (Å²) in [7, 11) is -4.02. The summed E-state index contributed by atoms with van der Waals surface area (Å²) in [5, 5.41) is 14.8. The summed E-state index contributed by atoms with van der Waals surface area (Å²) < 4.78 is 56.9. The summed E-state index contributed by atoms with van der Waals surface area (Å²) in [6.45, 7) is 0.624. The fourth-order valence-corrected chi connectivity index (χ4v) is 7.02. The second-order valence-electron chi connectivity index (χ2n) is 9.95.